The summed E-state index contributed by atoms with van der Waals surface area (Å²) in [6, 6.07) is 10.5. The Morgan fingerprint density at radius 3 is 2.86 bits per heavy atom. The number of benzene rings is 1. The smallest absolute Gasteiger partial charge is 0.261 e. The molecule has 1 aliphatic carbocycles. The number of hydrogen-bond acceptors (Lipinski definition) is 4. The summed E-state index contributed by atoms with van der Waals surface area (Å²) < 4.78 is 3.94. The summed E-state index contributed by atoms with van der Waals surface area (Å²) in [6.07, 6.45) is 11.4. The predicted molar refractivity (Wildman–Crippen MR) is 108 cm³/mol. The van der Waals surface area contributed by atoms with Crippen LogP contribution < -0.4 is 10.9 Å². The van der Waals surface area contributed by atoms with E-state index in [4.69, 9.17) is 5.10 Å². The molecule has 2 N–H and O–H groups in total. The summed E-state index contributed by atoms with van der Waals surface area (Å²) in [7, 11) is 0. The molecule has 1 fully saturated rings. The van der Waals surface area contributed by atoms with Crippen molar-refractivity contribution in [1.29, 1.82) is 0 Å². The van der Waals surface area contributed by atoms with E-state index in [1.54, 1.807) is 12.4 Å². The average Bonchev–Trinajstić information content (AvgIpc) is 3.06. The summed E-state index contributed by atoms with van der Waals surface area (Å²) in [5.41, 5.74) is 2.85. The standard InChI is InChI=1S/C21H22N6O/c28-21-19-18(9-10-22-21)27(17-7-2-1-3-8-17)25-20(19)24-16-6-4-5-15(13-16)14-26-12-11-23-26/h4-6,9-13,17H,1-3,7-8,14H2,(H-,22,24,25,28)/p+1. The Kier molecular flexibility index (Phi) is 4.27. The van der Waals surface area contributed by atoms with Crippen LogP contribution in [-0.2, 0) is 6.54 Å². The molecule has 7 heteroatoms. The van der Waals surface area contributed by atoms with E-state index in [1.165, 1.54) is 19.3 Å². The molecule has 0 bridgehead atoms. The van der Waals surface area contributed by atoms with Crippen molar-refractivity contribution in [2.24, 2.45) is 5.11 Å². The molecule has 1 saturated carbocycles. The quantitative estimate of drug-likeness (QED) is 0.648. The maximum atomic E-state index is 12.6. The Balaban J connectivity index is 1.50. The van der Waals surface area contributed by atoms with Crippen molar-refractivity contribution < 1.29 is 4.70 Å². The van der Waals surface area contributed by atoms with Gasteiger partial charge in [-0.25, -0.2) is 0 Å². The SMILES string of the molecule is O=c1[nH]ccc2c1c(Nc1cccc(C[N+]3=NC=C3)c1)nn2C1CCCCC1. The van der Waals surface area contributed by atoms with Crippen LogP contribution in [0.3, 0.4) is 0 Å². The summed E-state index contributed by atoms with van der Waals surface area (Å²) >= 11 is 0. The van der Waals surface area contributed by atoms with E-state index >= 15 is 0 Å². The number of nitrogens with zero attached hydrogens (tertiary/aromatic N) is 4. The van der Waals surface area contributed by atoms with E-state index in [1.807, 2.05) is 29.1 Å². The number of anilines is 2. The Morgan fingerprint density at radius 1 is 1.21 bits per heavy atom. The highest BCUT2D eigenvalue weighted by Gasteiger charge is 2.22. The highest BCUT2D eigenvalue weighted by molar-refractivity contribution is 5.91. The van der Waals surface area contributed by atoms with E-state index in [2.05, 4.69) is 32.2 Å². The van der Waals surface area contributed by atoms with Gasteiger partial charge in [0.05, 0.1) is 11.6 Å². The first-order chi connectivity index (χ1) is 13.8. The van der Waals surface area contributed by atoms with Crippen LogP contribution in [0, 0.1) is 0 Å². The number of fused-ring (bicyclic) bond motifs is 1. The molecule has 1 aliphatic heterocycles. The molecule has 2 aromatic heterocycles. The van der Waals surface area contributed by atoms with E-state index in [0.717, 1.165) is 36.2 Å². The molecule has 0 atom stereocenters. The van der Waals surface area contributed by atoms with Gasteiger partial charge in [-0.3, -0.25) is 9.48 Å². The molecule has 142 valence electrons. The molecular formula is C21H23N6O+. The monoisotopic (exact) mass is 375 g/mol. The number of hydrogen-bond donors (Lipinski definition) is 2. The molecule has 0 amide bonds. The predicted octanol–water partition coefficient (Wildman–Crippen LogP) is 4.42. The maximum Gasteiger partial charge on any atom is 0.261 e. The van der Waals surface area contributed by atoms with Crippen LogP contribution in [0.2, 0.25) is 0 Å². The van der Waals surface area contributed by atoms with Crippen LogP contribution in [0.1, 0.15) is 43.7 Å². The van der Waals surface area contributed by atoms with Crippen molar-refractivity contribution in [3.8, 4) is 0 Å². The zero-order valence-electron chi connectivity index (χ0n) is 15.6. The molecule has 0 saturated heterocycles. The molecular weight excluding hydrogens is 352 g/mol. The summed E-state index contributed by atoms with van der Waals surface area (Å²) in [5, 5.41) is 13.0. The summed E-state index contributed by atoms with van der Waals surface area (Å²) in [5.74, 6) is 0.619. The molecule has 5 rings (SSSR count). The largest absolute Gasteiger partial charge is 0.338 e. The first-order valence-electron chi connectivity index (χ1n) is 9.88. The number of aromatic nitrogens is 3. The first kappa shape index (κ1) is 16.9. The Hall–Kier alpha value is -3.22. The van der Waals surface area contributed by atoms with Gasteiger partial charge in [0.25, 0.3) is 5.56 Å². The van der Waals surface area contributed by atoms with Gasteiger partial charge in [-0.2, -0.15) is 5.10 Å². The fourth-order valence-electron chi connectivity index (χ4n) is 4.12. The third-order valence-electron chi connectivity index (χ3n) is 5.54. The van der Waals surface area contributed by atoms with Crippen LogP contribution in [0.5, 0.6) is 0 Å². The topological polar surface area (TPSA) is 78.1 Å². The van der Waals surface area contributed by atoms with Crippen LogP contribution >= 0.6 is 0 Å². The van der Waals surface area contributed by atoms with Crippen LogP contribution in [-0.4, -0.2) is 19.5 Å². The maximum absolute atomic E-state index is 12.6. The number of pyridine rings is 1. The minimum absolute atomic E-state index is 0.109. The molecule has 0 spiro atoms. The van der Waals surface area contributed by atoms with Gasteiger partial charge in [-0.15, -0.1) is 0 Å². The molecule has 7 nitrogen and oxygen atoms in total. The van der Waals surface area contributed by atoms with Crippen molar-refractivity contribution in [2.75, 3.05) is 5.32 Å². The van der Waals surface area contributed by atoms with Gasteiger partial charge in [0.2, 0.25) is 6.20 Å². The number of nitrogens with one attached hydrogen (secondary N) is 2. The molecule has 0 radical (unpaired) electrons. The molecule has 3 aromatic rings. The van der Waals surface area contributed by atoms with Gasteiger partial charge in [0, 0.05) is 17.4 Å². The molecule has 3 heterocycles. The van der Waals surface area contributed by atoms with Crippen LogP contribution in [0.15, 0.2) is 58.8 Å². The van der Waals surface area contributed by atoms with Crippen LogP contribution in [0.25, 0.3) is 10.9 Å². The van der Waals surface area contributed by atoms with Gasteiger partial charge in [0.15, 0.2) is 18.6 Å². The van der Waals surface area contributed by atoms with Gasteiger partial charge in [0.1, 0.15) is 5.39 Å². The van der Waals surface area contributed by atoms with Crippen LogP contribution in [0.4, 0.5) is 11.5 Å². The summed E-state index contributed by atoms with van der Waals surface area (Å²) in [4.78, 5) is 15.4. The minimum atomic E-state index is -0.109. The minimum Gasteiger partial charge on any atom is -0.338 e. The second-order valence-corrected chi connectivity index (χ2v) is 7.49. The van der Waals surface area contributed by atoms with Crippen molar-refractivity contribution in [2.45, 2.75) is 44.7 Å². The number of aromatic amines is 1. The zero-order chi connectivity index (χ0) is 18.9. The Labute approximate surface area is 162 Å². The molecule has 0 unspecified atom stereocenters. The van der Waals surface area contributed by atoms with Crippen molar-refractivity contribution in [1.82, 2.24) is 14.8 Å². The molecule has 28 heavy (non-hydrogen) atoms. The van der Waals surface area contributed by atoms with E-state index in [-0.39, 0.29) is 5.56 Å². The fourth-order valence-corrected chi connectivity index (χ4v) is 4.12. The van der Waals surface area contributed by atoms with Crippen molar-refractivity contribution >= 4 is 22.4 Å². The third-order valence-corrected chi connectivity index (χ3v) is 5.54. The second-order valence-electron chi connectivity index (χ2n) is 7.49. The molecule has 2 aliphatic rings. The van der Waals surface area contributed by atoms with Crippen molar-refractivity contribution in [3.63, 3.8) is 0 Å². The van der Waals surface area contributed by atoms with Gasteiger partial charge in [-0.1, -0.05) is 36.1 Å². The lowest BCUT2D eigenvalue weighted by atomic mass is 9.95. The van der Waals surface area contributed by atoms with Gasteiger partial charge < -0.3 is 10.3 Å². The lowest BCUT2D eigenvalue weighted by Gasteiger charge is -2.22. The molecule has 1 aromatic carbocycles. The highest BCUT2D eigenvalue weighted by atomic mass is 16.1. The van der Waals surface area contributed by atoms with E-state index in [0.29, 0.717) is 17.2 Å². The zero-order valence-corrected chi connectivity index (χ0v) is 15.6. The number of rotatable bonds is 5. The fraction of sp³-hybridized carbons (Fsp3) is 0.333. The van der Waals surface area contributed by atoms with Crippen molar-refractivity contribution in [3.05, 3.63) is 64.8 Å². The Bertz CT molecular complexity index is 1130. The number of H-pyrrole nitrogens is 1. The summed E-state index contributed by atoms with van der Waals surface area (Å²) in [6.45, 7) is 0.726. The Morgan fingerprint density at radius 2 is 2.07 bits per heavy atom. The lowest BCUT2D eigenvalue weighted by molar-refractivity contribution is -0.559. The van der Waals surface area contributed by atoms with E-state index < -0.39 is 0 Å². The normalized spacial score (nSPS) is 16.8. The third kappa shape index (κ3) is 3.13. The lowest BCUT2D eigenvalue weighted by Crippen LogP contribution is -2.14. The second kappa shape index (κ2) is 7.07. The first-order valence-corrected chi connectivity index (χ1v) is 9.88. The highest BCUT2D eigenvalue weighted by Crippen LogP contribution is 2.32. The van der Waals surface area contributed by atoms with E-state index in [9.17, 15) is 4.79 Å². The number of azo groups is 2. The van der Waals surface area contributed by atoms with Gasteiger partial charge >= 0.3 is 0 Å². The van der Waals surface area contributed by atoms with Gasteiger partial charge in [-0.05, 0) is 36.2 Å². The average molecular weight is 375 g/mol.